The SMILES string of the molecule is C=CCOOc1ccc(C2CCC(c3ccc(OC(=O)C=C)cc3)CC2)cc1. The second-order valence-electron chi connectivity index (χ2n) is 6.97. The van der Waals surface area contributed by atoms with Gasteiger partial charge in [0.25, 0.3) is 0 Å². The van der Waals surface area contributed by atoms with E-state index in [9.17, 15) is 4.79 Å². The van der Waals surface area contributed by atoms with Gasteiger partial charge in [-0.15, -0.1) is 6.58 Å². The van der Waals surface area contributed by atoms with Crippen molar-refractivity contribution in [2.45, 2.75) is 37.5 Å². The largest absolute Gasteiger partial charge is 0.423 e. The van der Waals surface area contributed by atoms with Crippen LogP contribution < -0.4 is 9.62 Å². The Kier molecular flexibility index (Phi) is 7.04. The third kappa shape index (κ3) is 5.33. The lowest BCUT2D eigenvalue weighted by Gasteiger charge is -2.29. The van der Waals surface area contributed by atoms with Crippen LogP contribution in [0.5, 0.6) is 11.5 Å². The van der Waals surface area contributed by atoms with Crippen molar-refractivity contribution >= 4 is 5.97 Å². The van der Waals surface area contributed by atoms with Crippen LogP contribution in [0, 0.1) is 0 Å². The van der Waals surface area contributed by atoms with Crippen molar-refractivity contribution in [1.82, 2.24) is 0 Å². The molecule has 1 aliphatic rings. The first-order chi connectivity index (χ1) is 13.7. The van der Waals surface area contributed by atoms with Crippen molar-refractivity contribution in [1.29, 1.82) is 0 Å². The van der Waals surface area contributed by atoms with Crippen LogP contribution in [0.1, 0.15) is 48.6 Å². The Hall–Kier alpha value is -2.85. The molecule has 3 rings (SSSR count). The zero-order valence-electron chi connectivity index (χ0n) is 16.0. The Bertz CT molecular complexity index is 784. The van der Waals surface area contributed by atoms with Crippen molar-refractivity contribution in [3.8, 4) is 11.5 Å². The van der Waals surface area contributed by atoms with E-state index >= 15 is 0 Å². The molecule has 0 bridgehead atoms. The summed E-state index contributed by atoms with van der Waals surface area (Å²) in [6, 6.07) is 16.0. The van der Waals surface area contributed by atoms with Crippen LogP contribution in [0.15, 0.2) is 73.8 Å². The first-order valence-corrected chi connectivity index (χ1v) is 9.64. The Morgan fingerprint density at radius 1 is 0.857 bits per heavy atom. The van der Waals surface area contributed by atoms with E-state index in [1.54, 1.807) is 6.08 Å². The number of ether oxygens (including phenoxy) is 1. The number of esters is 1. The van der Waals surface area contributed by atoms with Crippen LogP contribution in [0.3, 0.4) is 0 Å². The molecule has 0 saturated heterocycles. The number of hydrogen-bond acceptors (Lipinski definition) is 4. The summed E-state index contributed by atoms with van der Waals surface area (Å²) in [4.78, 5) is 21.5. The highest BCUT2D eigenvalue weighted by atomic mass is 17.2. The molecule has 4 heteroatoms. The highest BCUT2D eigenvalue weighted by Gasteiger charge is 2.23. The maximum Gasteiger partial charge on any atom is 0.335 e. The Balaban J connectivity index is 1.52. The first kappa shape index (κ1) is 19.9. The van der Waals surface area contributed by atoms with Crippen molar-refractivity contribution in [2.24, 2.45) is 0 Å². The van der Waals surface area contributed by atoms with E-state index in [2.05, 4.69) is 37.4 Å². The molecule has 1 aliphatic carbocycles. The van der Waals surface area contributed by atoms with Gasteiger partial charge in [-0.3, -0.25) is 0 Å². The summed E-state index contributed by atoms with van der Waals surface area (Å²) in [6.07, 6.45) is 7.43. The van der Waals surface area contributed by atoms with Crippen molar-refractivity contribution < 1.29 is 19.3 Å². The average molecular weight is 378 g/mol. The summed E-state index contributed by atoms with van der Waals surface area (Å²) in [5.74, 6) is 1.96. The molecule has 0 heterocycles. The van der Waals surface area contributed by atoms with Crippen LogP contribution in [0.4, 0.5) is 0 Å². The highest BCUT2D eigenvalue weighted by molar-refractivity contribution is 5.83. The summed E-state index contributed by atoms with van der Waals surface area (Å²) in [5, 5.41) is 0. The van der Waals surface area contributed by atoms with E-state index in [1.165, 1.54) is 17.2 Å². The van der Waals surface area contributed by atoms with Gasteiger partial charge in [0.15, 0.2) is 5.75 Å². The monoisotopic (exact) mass is 378 g/mol. The maximum absolute atomic E-state index is 11.3. The van der Waals surface area contributed by atoms with Crippen LogP contribution in [-0.2, 0) is 9.68 Å². The molecule has 0 amide bonds. The molecule has 0 N–H and O–H groups in total. The lowest BCUT2D eigenvalue weighted by molar-refractivity contribution is -0.195. The van der Waals surface area contributed by atoms with Crippen molar-refractivity contribution in [3.05, 3.63) is 85.0 Å². The predicted octanol–water partition coefficient (Wildman–Crippen LogP) is 5.72. The number of carbonyl (C=O) groups excluding carboxylic acids is 1. The van der Waals surface area contributed by atoms with Gasteiger partial charge in [0.2, 0.25) is 0 Å². The van der Waals surface area contributed by atoms with Crippen LogP contribution >= 0.6 is 0 Å². The molecule has 4 nitrogen and oxygen atoms in total. The third-order valence-corrected chi connectivity index (χ3v) is 5.16. The van der Waals surface area contributed by atoms with Crippen LogP contribution in [0.2, 0.25) is 0 Å². The molecule has 0 atom stereocenters. The Labute approximate surface area is 166 Å². The van der Waals surface area contributed by atoms with E-state index in [-0.39, 0.29) is 0 Å². The van der Waals surface area contributed by atoms with E-state index in [0.717, 1.165) is 25.7 Å². The Morgan fingerprint density at radius 3 is 1.82 bits per heavy atom. The van der Waals surface area contributed by atoms with Crippen LogP contribution in [0.25, 0.3) is 0 Å². The van der Waals surface area contributed by atoms with E-state index in [0.29, 0.717) is 29.9 Å². The van der Waals surface area contributed by atoms with Gasteiger partial charge in [0.05, 0.1) is 0 Å². The molecule has 0 radical (unpaired) electrons. The number of carbonyl (C=O) groups is 1. The fourth-order valence-electron chi connectivity index (χ4n) is 3.67. The molecule has 0 spiro atoms. The molecule has 1 saturated carbocycles. The second-order valence-corrected chi connectivity index (χ2v) is 6.97. The predicted molar refractivity (Wildman–Crippen MR) is 109 cm³/mol. The molecule has 0 aliphatic heterocycles. The molecule has 0 unspecified atom stereocenters. The molecule has 0 aromatic heterocycles. The summed E-state index contributed by atoms with van der Waals surface area (Å²) < 4.78 is 5.14. The highest BCUT2D eigenvalue weighted by Crippen LogP contribution is 2.41. The quantitative estimate of drug-likeness (QED) is 0.112. The lowest BCUT2D eigenvalue weighted by Crippen LogP contribution is -2.12. The van der Waals surface area contributed by atoms with Gasteiger partial charge < -0.3 is 9.62 Å². The first-order valence-electron chi connectivity index (χ1n) is 9.64. The molecular formula is C24H26O4. The minimum atomic E-state index is -0.433. The zero-order valence-corrected chi connectivity index (χ0v) is 16.0. The zero-order chi connectivity index (χ0) is 19.8. The van der Waals surface area contributed by atoms with E-state index in [4.69, 9.17) is 14.5 Å². The van der Waals surface area contributed by atoms with Gasteiger partial charge in [-0.05, 0) is 72.9 Å². The normalized spacial score (nSPS) is 18.9. The minimum Gasteiger partial charge on any atom is -0.423 e. The van der Waals surface area contributed by atoms with Crippen LogP contribution in [-0.4, -0.2) is 12.6 Å². The van der Waals surface area contributed by atoms with Crippen molar-refractivity contribution in [3.63, 3.8) is 0 Å². The topological polar surface area (TPSA) is 44.8 Å². The molecular weight excluding hydrogens is 352 g/mol. The molecule has 2 aromatic carbocycles. The van der Waals surface area contributed by atoms with Crippen molar-refractivity contribution in [2.75, 3.05) is 6.61 Å². The summed E-state index contributed by atoms with van der Waals surface area (Å²) >= 11 is 0. The summed E-state index contributed by atoms with van der Waals surface area (Å²) in [7, 11) is 0. The number of benzene rings is 2. The molecule has 1 fully saturated rings. The summed E-state index contributed by atoms with van der Waals surface area (Å²) in [6.45, 7) is 7.36. The standard InChI is InChI=1S/C24H26O4/c1-3-17-26-28-23-15-11-21(12-16-23)19-7-5-18(6-8-19)20-9-13-22(14-10-20)27-24(25)4-2/h3-4,9-16,18-19H,1-2,5-8,17H2. The third-order valence-electron chi connectivity index (χ3n) is 5.16. The maximum atomic E-state index is 11.3. The lowest BCUT2D eigenvalue weighted by atomic mass is 9.76. The molecule has 146 valence electrons. The molecule has 28 heavy (non-hydrogen) atoms. The average Bonchev–Trinajstić information content (AvgIpc) is 2.75. The van der Waals surface area contributed by atoms with Gasteiger partial charge >= 0.3 is 5.97 Å². The van der Waals surface area contributed by atoms with Gasteiger partial charge in [-0.1, -0.05) is 36.9 Å². The number of rotatable bonds is 8. The number of hydrogen-bond donors (Lipinski definition) is 0. The fraction of sp³-hybridized carbons (Fsp3) is 0.292. The second kappa shape index (κ2) is 9.90. The Morgan fingerprint density at radius 2 is 1.36 bits per heavy atom. The minimum absolute atomic E-state index is 0.365. The molecule has 2 aromatic rings. The van der Waals surface area contributed by atoms with Gasteiger partial charge in [0, 0.05) is 6.08 Å². The van der Waals surface area contributed by atoms with Gasteiger partial charge in [0.1, 0.15) is 12.4 Å². The fourth-order valence-corrected chi connectivity index (χ4v) is 3.67. The van der Waals surface area contributed by atoms with E-state index in [1.807, 2.05) is 24.3 Å². The summed E-state index contributed by atoms with van der Waals surface area (Å²) in [5.41, 5.74) is 2.65. The smallest absolute Gasteiger partial charge is 0.335 e. The van der Waals surface area contributed by atoms with E-state index < -0.39 is 5.97 Å². The van der Waals surface area contributed by atoms with Gasteiger partial charge in [-0.25, -0.2) is 4.79 Å². The van der Waals surface area contributed by atoms with Gasteiger partial charge in [-0.2, -0.15) is 4.89 Å².